The molecule has 0 spiro atoms. The Morgan fingerprint density at radius 1 is 1.03 bits per heavy atom. The van der Waals surface area contributed by atoms with Crippen molar-refractivity contribution in [1.29, 1.82) is 10.5 Å². The first-order chi connectivity index (χ1) is 16.6. The number of piperidine rings is 1. The van der Waals surface area contributed by atoms with Crippen LogP contribution in [0.1, 0.15) is 18.4 Å². The average molecular weight is 517 g/mol. The van der Waals surface area contributed by atoms with E-state index >= 15 is 0 Å². The van der Waals surface area contributed by atoms with Gasteiger partial charge in [0.05, 0.1) is 40.2 Å². The summed E-state index contributed by atoms with van der Waals surface area (Å²) in [6.07, 6.45) is 1.60. The van der Waals surface area contributed by atoms with E-state index in [9.17, 15) is 28.9 Å². The Morgan fingerprint density at radius 3 is 2.37 bits per heavy atom. The summed E-state index contributed by atoms with van der Waals surface area (Å²) in [5, 5.41) is 19.2. The minimum absolute atomic E-state index is 0.00874. The van der Waals surface area contributed by atoms with Crippen molar-refractivity contribution in [3.8, 4) is 29.0 Å². The van der Waals surface area contributed by atoms with Crippen molar-refractivity contribution >= 4 is 29.0 Å². The van der Waals surface area contributed by atoms with Crippen LogP contribution >= 0.6 is 23.2 Å². The molecular weight excluding hydrogens is 501 g/mol. The average Bonchev–Trinajstić information content (AvgIpc) is 2.80. The number of hydrogen-bond donors (Lipinski definition) is 0. The van der Waals surface area contributed by atoms with Crippen LogP contribution in [0.5, 0.6) is 0 Å². The fourth-order valence-corrected chi connectivity index (χ4v) is 4.43. The molecule has 12 heteroatoms. The van der Waals surface area contributed by atoms with Gasteiger partial charge in [0.25, 0.3) is 11.5 Å². The van der Waals surface area contributed by atoms with Gasteiger partial charge in [-0.3, -0.25) is 14.3 Å². The molecule has 0 atom stereocenters. The minimum Gasteiger partial charge on any atom is -0.357 e. The number of nitrogens with zero attached hydrogens (tertiary/aromatic N) is 6. The van der Waals surface area contributed by atoms with Crippen LogP contribution in [-0.2, 0) is 6.54 Å². The Kier molecular flexibility index (Phi) is 6.62. The molecule has 3 heterocycles. The van der Waals surface area contributed by atoms with E-state index in [-0.39, 0.29) is 51.3 Å². The second kappa shape index (κ2) is 9.49. The number of halogens is 4. The number of anilines is 1. The molecule has 1 aliphatic rings. The zero-order valence-electron chi connectivity index (χ0n) is 18.0. The summed E-state index contributed by atoms with van der Waals surface area (Å²) in [5.74, 6) is -2.88. The summed E-state index contributed by atoms with van der Waals surface area (Å²) in [6, 6.07) is 9.45. The quantitative estimate of drug-likeness (QED) is 0.518. The molecular formula is C23H16Cl2F2N6O2. The van der Waals surface area contributed by atoms with E-state index in [1.807, 2.05) is 12.1 Å². The van der Waals surface area contributed by atoms with Crippen LogP contribution in [0.15, 0.2) is 46.2 Å². The van der Waals surface area contributed by atoms with Gasteiger partial charge in [0.1, 0.15) is 12.4 Å². The second-order valence-electron chi connectivity index (χ2n) is 7.91. The molecule has 1 fully saturated rings. The van der Waals surface area contributed by atoms with Gasteiger partial charge in [-0.25, -0.2) is 18.1 Å². The highest BCUT2D eigenvalue weighted by molar-refractivity contribution is 6.31. The maximum atomic E-state index is 13.9. The molecule has 178 valence electrons. The number of benzene rings is 1. The molecule has 1 aromatic carbocycles. The van der Waals surface area contributed by atoms with E-state index < -0.39 is 36.6 Å². The predicted octanol–water partition coefficient (Wildman–Crippen LogP) is 4.00. The monoisotopic (exact) mass is 516 g/mol. The van der Waals surface area contributed by atoms with Crippen molar-refractivity contribution in [1.82, 2.24) is 14.1 Å². The third-order valence-corrected chi connectivity index (χ3v) is 6.03. The summed E-state index contributed by atoms with van der Waals surface area (Å²) in [6.45, 7) is -0.772. The van der Waals surface area contributed by atoms with E-state index in [0.29, 0.717) is 0 Å². The third kappa shape index (κ3) is 4.76. The van der Waals surface area contributed by atoms with Crippen LogP contribution in [-0.4, -0.2) is 33.1 Å². The number of pyridine rings is 1. The van der Waals surface area contributed by atoms with Gasteiger partial charge in [-0.2, -0.15) is 10.5 Å². The van der Waals surface area contributed by atoms with E-state index in [2.05, 4.69) is 4.98 Å². The maximum absolute atomic E-state index is 13.9. The van der Waals surface area contributed by atoms with Crippen molar-refractivity contribution in [2.45, 2.75) is 25.3 Å². The largest absolute Gasteiger partial charge is 0.357 e. The van der Waals surface area contributed by atoms with Gasteiger partial charge in [0.2, 0.25) is 0 Å². The summed E-state index contributed by atoms with van der Waals surface area (Å²) in [4.78, 5) is 32.8. The molecule has 0 saturated carbocycles. The Balaban J connectivity index is 2.11. The molecule has 4 rings (SSSR count). The van der Waals surface area contributed by atoms with Crippen LogP contribution in [0.3, 0.4) is 0 Å². The Hall–Kier alpha value is -3.73. The lowest BCUT2D eigenvalue weighted by Gasteiger charge is -2.35. The molecule has 2 aromatic heterocycles. The minimum atomic E-state index is -2.89. The van der Waals surface area contributed by atoms with Crippen LogP contribution < -0.4 is 16.1 Å². The zero-order valence-corrected chi connectivity index (χ0v) is 19.5. The maximum Gasteiger partial charge on any atom is 0.338 e. The number of nitriles is 2. The van der Waals surface area contributed by atoms with Gasteiger partial charge in [0, 0.05) is 37.2 Å². The summed E-state index contributed by atoms with van der Waals surface area (Å²) in [5.41, 5.74) is -1.33. The molecule has 3 aromatic rings. The molecule has 0 radical (unpaired) electrons. The van der Waals surface area contributed by atoms with Gasteiger partial charge in [0.15, 0.2) is 0 Å². The van der Waals surface area contributed by atoms with Gasteiger partial charge >= 0.3 is 5.69 Å². The van der Waals surface area contributed by atoms with Crippen LogP contribution in [0.2, 0.25) is 10.0 Å². The normalized spacial score (nSPS) is 14.9. The number of aromatic nitrogens is 3. The molecule has 0 N–H and O–H groups in total. The third-order valence-electron chi connectivity index (χ3n) is 5.61. The van der Waals surface area contributed by atoms with Crippen molar-refractivity contribution < 1.29 is 8.78 Å². The topological polar surface area (TPSA) is 108 Å². The van der Waals surface area contributed by atoms with Crippen LogP contribution in [0.25, 0.3) is 16.8 Å². The molecule has 1 aliphatic heterocycles. The first-order valence-electron chi connectivity index (χ1n) is 10.4. The lowest BCUT2D eigenvalue weighted by molar-refractivity contribution is -0.0222. The number of hydrogen-bond acceptors (Lipinski definition) is 6. The van der Waals surface area contributed by atoms with Gasteiger partial charge < -0.3 is 4.90 Å². The van der Waals surface area contributed by atoms with Crippen molar-refractivity contribution in [2.24, 2.45) is 0 Å². The molecule has 0 bridgehead atoms. The Morgan fingerprint density at radius 2 is 1.74 bits per heavy atom. The first-order valence-corrected chi connectivity index (χ1v) is 11.1. The molecule has 0 aliphatic carbocycles. The Labute approximate surface area is 207 Å². The van der Waals surface area contributed by atoms with Gasteiger partial charge in [-0.05, 0) is 29.8 Å². The predicted molar refractivity (Wildman–Crippen MR) is 126 cm³/mol. The summed E-state index contributed by atoms with van der Waals surface area (Å²) < 4.78 is 29.7. The van der Waals surface area contributed by atoms with Crippen molar-refractivity contribution in [2.75, 3.05) is 18.0 Å². The van der Waals surface area contributed by atoms with Gasteiger partial charge in [-0.1, -0.05) is 23.2 Å². The lowest BCUT2D eigenvalue weighted by atomic mass is 10.0. The van der Waals surface area contributed by atoms with Crippen molar-refractivity contribution in [3.05, 3.63) is 73.1 Å². The van der Waals surface area contributed by atoms with Gasteiger partial charge in [-0.15, -0.1) is 0 Å². The highest BCUT2D eigenvalue weighted by atomic mass is 35.5. The second-order valence-corrected chi connectivity index (χ2v) is 8.78. The standard InChI is InChI=1S/C23H16Cl2F2N6O2/c24-16-8-14(11-29)7-15(9-16)19-20(31-4-1-23(26,27)2-5-31)32(6-3-28)22(35)33(21(19)34)18-10-17(25)12-30-13-18/h7-10,12-13H,1-2,4-6H2. The fraction of sp³-hybridized carbons (Fsp3) is 0.261. The summed E-state index contributed by atoms with van der Waals surface area (Å²) in [7, 11) is 0. The molecule has 1 saturated heterocycles. The highest BCUT2D eigenvalue weighted by Crippen LogP contribution is 2.35. The van der Waals surface area contributed by atoms with E-state index in [4.69, 9.17) is 23.2 Å². The first kappa shape index (κ1) is 24.4. The highest BCUT2D eigenvalue weighted by Gasteiger charge is 2.36. The molecule has 0 unspecified atom stereocenters. The van der Waals surface area contributed by atoms with E-state index in [1.54, 1.807) is 0 Å². The smallest absolute Gasteiger partial charge is 0.338 e. The fourth-order valence-electron chi connectivity index (χ4n) is 4.03. The summed E-state index contributed by atoms with van der Waals surface area (Å²) >= 11 is 12.2. The zero-order chi connectivity index (χ0) is 25.3. The van der Waals surface area contributed by atoms with Crippen molar-refractivity contribution in [3.63, 3.8) is 0 Å². The number of alkyl halides is 2. The van der Waals surface area contributed by atoms with Crippen LogP contribution in [0.4, 0.5) is 14.6 Å². The molecule has 0 amide bonds. The number of rotatable bonds is 4. The van der Waals surface area contributed by atoms with E-state index in [1.165, 1.54) is 41.6 Å². The molecule has 35 heavy (non-hydrogen) atoms. The Bertz CT molecular complexity index is 1510. The SMILES string of the molecule is N#CCn1c(N2CCC(F)(F)CC2)c(-c2cc(Cl)cc(C#N)c2)c(=O)n(-c2cncc(Cl)c2)c1=O. The molecule has 8 nitrogen and oxygen atoms in total. The van der Waals surface area contributed by atoms with E-state index in [0.717, 1.165) is 9.13 Å². The lowest BCUT2D eigenvalue weighted by Crippen LogP contribution is -2.47. The van der Waals surface area contributed by atoms with Crippen LogP contribution in [0, 0.1) is 22.7 Å².